The van der Waals surface area contributed by atoms with Crippen molar-refractivity contribution in [2.45, 2.75) is 13.0 Å². The minimum absolute atomic E-state index is 0.169. The summed E-state index contributed by atoms with van der Waals surface area (Å²) >= 11 is 0. The van der Waals surface area contributed by atoms with Gasteiger partial charge >= 0.3 is 0 Å². The highest BCUT2D eigenvalue weighted by Gasteiger charge is 2.13. The van der Waals surface area contributed by atoms with Gasteiger partial charge in [0, 0.05) is 0 Å². The largest absolute Gasteiger partial charge is 0.508 e. The highest BCUT2D eigenvalue weighted by Crippen LogP contribution is 2.13. The van der Waals surface area contributed by atoms with E-state index < -0.39 is 0 Å². The molecule has 1 aliphatic heterocycles. The van der Waals surface area contributed by atoms with Gasteiger partial charge in [0.25, 0.3) is 0 Å². The van der Waals surface area contributed by atoms with E-state index in [4.69, 9.17) is 14.9 Å². The number of aromatic hydroxyl groups is 2. The monoisotopic (exact) mass is 168 g/mol. The van der Waals surface area contributed by atoms with Gasteiger partial charge in [0.05, 0.1) is 12.7 Å². The van der Waals surface area contributed by atoms with Crippen molar-refractivity contribution in [1.29, 1.82) is 0 Å². The van der Waals surface area contributed by atoms with Gasteiger partial charge in [0.15, 0.2) is 0 Å². The minimum atomic E-state index is 0.169. The van der Waals surface area contributed by atoms with Gasteiger partial charge in [-0.2, -0.15) is 0 Å². The van der Waals surface area contributed by atoms with Crippen molar-refractivity contribution in [3.05, 3.63) is 24.3 Å². The summed E-state index contributed by atoms with van der Waals surface area (Å²) < 4.78 is 4.71. The fourth-order valence-electron chi connectivity index (χ4n) is 0.549. The number of epoxide rings is 1. The van der Waals surface area contributed by atoms with Crippen LogP contribution in [0.25, 0.3) is 0 Å². The van der Waals surface area contributed by atoms with Crippen LogP contribution < -0.4 is 0 Å². The van der Waals surface area contributed by atoms with Gasteiger partial charge in [-0.15, -0.1) is 0 Å². The Kier molecular flexibility index (Phi) is 2.94. The molecule has 1 unspecified atom stereocenters. The predicted octanol–water partition coefficient (Wildman–Crippen LogP) is 1.50. The Morgan fingerprint density at radius 3 is 1.58 bits per heavy atom. The quantitative estimate of drug-likeness (QED) is 0.456. The average molecular weight is 168 g/mol. The predicted molar refractivity (Wildman–Crippen MR) is 45.2 cm³/mol. The molecule has 3 heteroatoms. The zero-order valence-corrected chi connectivity index (χ0v) is 6.90. The smallest absolute Gasteiger partial charge is 0.115 e. The molecule has 12 heavy (non-hydrogen) atoms. The minimum Gasteiger partial charge on any atom is -0.508 e. The van der Waals surface area contributed by atoms with Crippen LogP contribution in [-0.4, -0.2) is 22.9 Å². The highest BCUT2D eigenvalue weighted by molar-refractivity contribution is 5.28. The molecule has 3 nitrogen and oxygen atoms in total. The Labute approximate surface area is 71.2 Å². The molecule has 2 rings (SSSR count). The maximum atomic E-state index is 8.65. The Balaban J connectivity index is 0.000000150. The lowest BCUT2D eigenvalue weighted by molar-refractivity contribution is 0.423. The third kappa shape index (κ3) is 3.83. The van der Waals surface area contributed by atoms with Crippen LogP contribution in [0.1, 0.15) is 6.92 Å². The molecule has 0 aliphatic carbocycles. The summed E-state index contributed by atoms with van der Waals surface area (Å²) in [4.78, 5) is 0. The molecule has 0 amide bonds. The number of hydrogen-bond acceptors (Lipinski definition) is 3. The number of phenolic OH excluding ortho intramolecular Hbond substituents is 2. The molecule has 1 saturated heterocycles. The van der Waals surface area contributed by atoms with Gasteiger partial charge < -0.3 is 14.9 Å². The molecule has 1 fully saturated rings. The summed E-state index contributed by atoms with van der Waals surface area (Å²) in [5.41, 5.74) is 0. The van der Waals surface area contributed by atoms with E-state index in [2.05, 4.69) is 6.92 Å². The van der Waals surface area contributed by atoms with E-state index in [0.717, 1.165) is 6.61 Å². The van der Waals surface area contributed by atoms with Crippen LogP contribution in [-0.2, 0) is 4.74 Å². The number of rotatable bonds is 0. The lowest BCUT2D eigenvalue weighted by Gasteiger charge is -1.88. The molecule has 0 bridgehead atoms. The Hall–Kier alpha value is -1.22. The molecule has 1 aromatic rings. The first-order chi connectivity index (χ1) is 5.68. The molecule has 1 aromatic carbocycles. The Morgan fingerprint density at radius 1 is 1.17 bits per heavy atom. The van der Waals surface area contributed by atoms with Crippen molar-refractivity contribution in [1.82, 2.24) is 0 Å². The first-order valence-electron chi connectivity index (χ1n) is 3.78. The molecular weight excluding hydrogens is 156 g/mol. The fraction of sp³-hybridized carbons (Fsp3) is 0.333. The highest BCUT2D eigenvalue weighted by atomic mass is 16.6. The normalized spacial score (nSPS) is 19.2. The SMILES string of the molecule is CC1CO1.Oc1ccc(O)cc1. The van der Waals surface area contributed by atoms with Crippen molar-refractivity contribution < 1.29 is 14.9 Å². The van der Waals surface area contributed by atoms with Gasteiger partial charge in [-0.1, -0.05) is 0 Å². The molecule has 0 saturated carbocycles. The molecule has 2 N–H and O–H groups in total. The van der Waals surface area contributed by atoms with Gasteiger partial charge in [0.2, 0.25) is 0 Å². The van der Waals surface area contributed by atoms with Crippen LogP contribution in [0.4, 0.5) is 0 Å². The van der Waals surface area contributed by atoms with Gasteiger partial charge in [0.1, 0.15) is 11.5 Å². The van der Waals surface area contributed by atoms with Crippen molar-refractivity contribution in [2.24, 2.45) is 0 Å². The number of hydrogen-bond donors (Lipinski definition) is 2. The van der Waals surface area contributed by atoms with Crippen LogP contribution in [0, 0.1) is 0 Å². The van der Waals surface area contributed by atoms with Gasteiger partial charge in [-0.05, 0) is 31.2 Å². The summed E-state index contributed by atoms with van der Waals surface area (Å²) in [5.74, 6) is 0.339. The average Bonchev–Trinajstić information content (AvgIpc) is 2.80. The van der Waals surface area contributed by atoms with Gasteiger partial charge in [-0.25, -0.2) is 0 Å². The van der Waals surface area contributed by atoms with Gasteiger partial charge in [-0.3, -0.25) is 0 Å². The third-order valence-corrected chi connectivity index (χ3v) is 1.35. The van der Waals surface area contributed by atoms with Crippen molar-refractivity contribution in [3.8, 4) is 11.5 Å². The molecule has 1 atom stereocenters. The van der Waals surface area contributed by atoms with E-state index in [9.17, 15) is 0 Å². The first-order valence-corrected chi connectivity index (χ1v) is 3.78. The molecule has 0 radical (unpaired) electrons. The summed E-state index contributed by atoms with van der Waals surface area (Å²) in [7, 11) is 0. The summed E-state index contributed by atoms with van der Waals surface area (Å²) in [5, 5.41) is 17.3. The second-order valence-corrected chi connectivity index (χ2v) is 2.66. The standard InChI is InChI=1S/C6H6O2.C3H6O/c7-5-1-2-6(8)4-3-5;1-3-2-4-3/h1-4,7-8H;3H,2H2,1H3. The van der Waals surface area contributed by atoms with E-state index >= 15 is 0 Å². The number of phenols is 2. The maximum absolute atomic E-state index is 8.65. The van der Waals surface area contributed by atoms with Crippen molar-refractivity contribution in [2.75, 3.05) is 6.61 Å². The molecular formula is C9H12O3. The first kappa shape index (κ1) is 8.87. The van der Waals surface area contributed by atoms with Crippen LogP contribution in [0.15, 0.2) is 24.3 Å². The van der Waals surface area contributed by atoms with Crippen LogP contribution in [0.2, 0.25) is 0 Å². The number of benzene rings is 1. The lowest BCUT2D eigenvalue weighted by atomic mass is 10.3. The molecule has 0 spiro atoms. The molecule has 1 heterocycles. The number of ether oxygens (including phenoxy) is 1. The summed E-state index contributed by atoms with van der Waals surface area (Å²) in [6.07, 6.45) is 0.583. The fourth-order valence-corrected chi connectivity index (χ4v) is 0.549. The molecule has 1 aliphatic rings. The van der Waals surface area contributed by atoms with E-state index in [0.29, 0.717) is 6.10 Å². The van der Waals surface area contributed by atoms with E-state index in [-0.39, 0.29) is 11.5 Å². The summed E-state index contributed by atoms with van der Waals surface area (Å²) in [6, 6.07) is 5.70. The van der Waals surface area contributed by atoms with Crippen molar-refractivity contribution >= 4 is 0 Å². The van der Waals surface area contributed by atoms with E-state index in [1.165, 1.54) is 24.3 Å². The van der Waals surface area contributed by atoms with Crippen LogP contribution >= 0.6 is 0 Å². The lowest BCUT2D eigenvalue weighted by Crippen LogP contribution is -1.61. The van der Waals surface area contributed by atoms with Crippen LogP contribution in [0.3, 0.4) is 0 Å². The molecule has 0 aromatic heterocycles. The van der Waals surface area contributed by atoms with Crippen LogP contribution in [0.5, 0.6) is 11.5 Å². The van der Waals surface area contributed by atoms with Crippen molar-refractivity contribution in [3.63, 3.8) is 0 Å². The third-order valence-electron chi connectivity index (χ3n) is 1.35. The van der Waals surface area contributed by atoms with E-state index in [1.807, 2.05) is 0 Å². The zero-order valence-electron chi connectivity index (χ0n) is 6.90. The van der Waals surface area contributed by atoms with E-state index in [1.54, 1.807) is 0 Å². The Bertz CT molecular complexity index is 205. The second kappa shape index (κ2) is 3.97. The molecule has 66 valence electrons. The topological polar surface area (TPSA) is 53.0 Å². The Morgan fingerprint density at radius 2 is 1.42 bits per heavy atom. The second-order valence-electron chi connectivity index (χ2n) is 2.66. The maximum Gasteiger partial charge on any atom is 0.115 e. The summed E-state index contributed by atoms with van der Waals surface area (Å²) in [6.45, 7) is 3.04. The zero-order chi connectivity index (χ0) is 8.97.